The highest BCUT2D eigenvalue weighted by atomic mass is 31.2. The van der Waals surface area contributed by atoms with Crippen LogP contribution in [-0.2, 0) is 28.2 Å². The minimum absolute atomic E-state index is 0.184. The first-order chi connectivity index (χ1) is 23.3. The normalized spacial score (nSPS) is 13.2. The lowest BCUT2D eigenvalue weighted by Crippen LogP contribution is -2.29. The molecular weight excluding hydrogens is 627 g/mol. The second-order valence-electron chi connectivity index (χ2n) is 12.2. The number of allylic oxidation sites excluding steroid dienone is 10. The third-order valence-corrected chi connectivity index (χ3v) is 8.07. The van der Waals surface area contributed by atoms with Gasteiger partial charge in [-0.1, -0.05) is 139 Å². The first-order valence-electron chi connectivity index (χ1n) is 18.6. The van der Waals surface area contributed by atoms with Gasteiger partial charge in [0.1, 0.15) is 6.61 Å². The molecule has 276 valence electrons. The second-order valence-corrected chi connectivity index (χ2v) is 13.5. The molecule has 0 amide bonds. The van der Waals surface area contributed by atoms with Crippen molar-refractivity contribution >= 4 is 19.8 Å². The monoisotopic (exact) mass is 694 g/mol. The molecule has 0 heterocycles. The Balaban J connectivity index is 4.01. The van der Waals surface area contributed by atoms with Crippen LogP contribution in [0.5, 0.6) is 0 Å². The number of hydrogen-bond donors (Lipinski definition) is 2. The Hall–Kier alpha value is -2.25. The van der Waals surface area contributed by atoms with Crippen LogP contribution in [0, 0.1) is 0 Å². The Kier molecular flexibility index (Phi) is 33.0. The van der Waals surface area contributed by atoms with Crippen LogP contribution < -0.4 is 0 Å². The number of hydrogen-bond acceptors (Lipinski definition) is 6. The number of unbranched alkanes of at least 4 members (excludes halogenated alkanes) is 15. The van der Waals surface area contributed by atoms with Gasteiger partial charge in [-0.25, -0.2) is 4.57 Å². The maximum atomic E-state index is 12.3. The molecule has 0 aromatic rings. The predicted molar refractivity (Wildman–Crippen MR) is 197 cm³/mol. The summed E-state index contributed by atoms with van der Waals surface area (Å²) in [5.41, 5.74) is 0. The van der Waals surface area contributed by atoms with E-state index in [2.05, 4.69) is 60.9 Å². The maximum Gasteiger partial charge on any atom is 0.469 e. The fourth-order valence-corrected chi connectivity index (χ4v) is 5.17. The predicted octanol–water partition coefficient (Wildman–Crippen LogP) is 11.0. The van der Waals surface area contributed by atoms with Crippen molar-refractivity contribution < 1.29 is 37.9 Å². The quantitative estimate of drug-likeness (QED) is 0.0229. The Bertz CT molecular complexity index is 963. The van der Waals surface area contributed by atoms with E-state index in [1.165, 1.54) is 44.9 Å². The molecule has 2 N–H and O–H groups in total. The number of carbonyl (C=O) groups is 2. The van der Waals surface area contributed by atoms with Gasteiger partial charge in [-0.05, 0) is 64.2 Å². The number of esters is 2. The zero-order chi connectivity index (χ0) is 35.4. The first kappa shape index (κ1) is 45.8. The average Bonchev–Trinajstić information content (AvgIpc) is 3.05. The van der Waals surface area contributed by atoms with E-state index in [-0.39, 0.29) is 19.4 Å². The number of carbonyl (C=O) groups excluding carboxylic acids is 2. The van der Waals surface area contributed by atoms with Gasteiger partial charge < -0.3 is 19.3 Å². The van der Waals surface area contributed by atoms with E-state index in [0.29, 0.717) is 12.8 Å². The molecule has 0 spiro atoms. The summed E-state index contributed by atoms with van der Waals surface area (Å²) in [4.78, 5) is 42.7. The highest BCUT2D eigenvalue weighted by Crippen LogP contribution is 2.36. The van der Waals surface area contributed by atoms with Crippen LogP contribution in [0.1, 0.15) is 155 Å². The molecule has 0 aliphatic heterocycles. The zero-order valence-electron chi connectivity index (χ0n) is 30.1. The summed E-state index contributed by atoms with van der Waals surface area (Å²) in [5, 5.41) is 0. The second kappa shape index (κ2) is 34.6. The van der Waals surface area contributed by atoms with Crippen molar-refractivity contribution in [1.82, 2.24) is 0 Å². The molecular formula is C39H67O8P. The molecule has 1 atom stereocenters. The summed E-state index contributed by atoms with van der Waals surface area (Å²) >= 11 is 0. The molecule has 0 rings (SSSR count). The van der Waals surface area contributed by atoms with Crippen LogP contribution in [0.2, 0.25) is 0 Å². The Morgan fingerprint density at radius 3 is 1.65 bits per heavy atom. The Morgan fingerprint density at radius 2 is 1.08 bits per heavy atom. The summed E-state index contributed by atoms with van der Waals surface area (Å²) in [5.74, 6) is -0.924. The molecule has 0 aliphatic rings. The summed E-state index contributed by atoms with van der Waals surface area (Å²) in [6.45, 7) is 3.48. The minimum Gasteiger partial charge on any atom is -0.462 e. The van der Waals surface area contributed by atoms with Gasteiger partial charge in [0.15, 0.2) is 6.10 Å². The fourth-order valence-electron chi connectivity index (χ4n) is 4.81. The van der Waals surface area contributed by atoms with Crippen molar-refractivity contribution in [1.29, 1.82) is 0 Å². The van der Waals surface area contributed by atoms with Crippen molar-refractivity contribution in [2.45, 2.75) is 161 Å². The molecule has 0 aromatic carbocycles. The van der Waals surface area contributed by atoms with Crippen LogP contribution in [0.4, 0.5) is 0 Å². The number of phosphoric acid groups is 1. The van der Waals surface area contributed by atoms with Gasteiger partial charge in [0.25, 0.3) is 0 Å². The SMILES string of the molecule is CC/C=C/C=C/C=C/CCCCCCCC(=O)OC(COC(=O)CCCCCCCCC/C=C/C/C=C/CCCCC)COP(=O)(O)O. The minimum atomic E-state index is -4.76. The van der Waals surface area contributed by atoms with Crippen molar-refractivity contribution in [2.24, 2.45) is 0 Å². The van der Waals surface area contributed by atoms with E-state index >= 15 is 0 Å². The summed E-state index contributed by atoms with van der Waals surface area (Å²) < 4.78 is 26.3. The summed E-state index contributed by atoms with van der Waals surface area (Å²) in [6.07, 6.45) is 42.2. The van der Waals surface area contributed by atoms with Gasteiger partial charge in [0.2, 0.25) is 0 Å². The smallest absolute Gasteiger partial charge is 0.462 e. The van der Waals surface area contributed by atoms with Gasteiger partial charge >= 0.3 is 19.8 Å². The molecule has 1 unspecified atom stereocenters. The van der Waals surface area contributed by atoms with Gasteiger partial charge in [0, 0.05) is 12.8 Å². The third kappa shape index (κ3) is 36.6. The van der Waals surface area contributed by atoms with Crippen LogP contribution in [-0.4, -0.2) is 41.0 Å². The first-order valence-corrected chi connectivity index (χ1v) is 20.1. The van der Waals surface area contributed by atoms with E-state index in [1.54, 1.807) is 0 Å². The largest absolute Gasteiger partial charge is 0.469 e. The van der Waals surface area contributed by atoms with E-state index in [9.17, 15) is 14.2 Å². The summed E-state index contributed by atoms with van der Waals surface area (Å²) in [6, 6.07) is 0. The van der Waals surface area contributed by atoms with Gasteiger partial charge in [0.05, 0.1) is 6.61 Å². The lowest BCUT2D eigenvalue weighted by Gasteiger charge is -2.18. The Morgan fingerprint density at radius 1 is 0.583 bits per heavy atom. The molecule has 0 saturated carbocycles. The fraction of sp³-hybridized carbons (Fsp3) is 0.692. The van der Waals surface area contributed by atoms with Crippen molar-refractivity contribution in [3.8, 4) is 0 Å². The molecule has 0 saturated heterocycles. The number of phosphoric ester groups is 1. The van der Waals surface area contributed by atoms with Crippen LogP contribution in [0.3, 0.4) is 0 Å². The van der Waals surface area contributed by atoms with Crippen molar-refractivity contribution in [2.75, 3.05) is 13.2 Å². The lowest BCUT2D eigenvalue weighted by atomic mass is 10.1. The van der Waals surface area contributed by atoms with Gasteiger partial charge in [-0.15, -0.1) is 0 Å². The van der Waals surface area contributed by atoms with Crippen LogP contribution >= 0.6 is 7.82 Å². The van der Waals surface area contributed by atoms with E-state index < -0.39 is 32.5 Å². The van der Waals surface area contributed by atoms with Gasteiger partial charge in [-0.2, -0.15) is 0 Å². The Labute approximate surface area is 292 Å². The topological polar surface area (TPSA) is 119 Å². The van der Waals surface area contributed by atoms with Crippen molar-refractivity contribution in [3.05, 3.63) is 60.8 Å². The van der Waals surface area contributed by atoms with Crippen molar-refractivity contribution in [3.63, 3.8) is 0 Å². The van der Waals surface area contributed by atoms with Crippen LogP contribution in [0.25, 0.3) is 0 Å². The summed E-state index contributed by atoms with van der Waals surface area (Å²) in [7, 11) is -4.76. The van der Waals surface area contributed by atoms with E-state index in [1.807, 2.05) is 18.2 Å². The molecule has 0 fully saturated rings. The highest BCUT2D eigenvalue weighted by molar-refractivity contribution is 7.46. The molecule has 9 heteroatoms. The third-order valence-electron chi connectivity index (χ3n) is 7.58. The molecule has 48 heavy (non-hydrogen) atoms. The molecule has 8 nitrogen and oxygen atoms in total. The van der Waals surface area contributed by atoms with Gasteiger partial charge in [-0.3, -0.25) is 14.1 Å². The van der Waals surface area contributed by atoms with Crippen LogP contribution in [0.15, 0.2) is 60.8 Å². The van der Waals surface area contributed by atoms with E-state index in [0.717, 1.165) is 70.6 Å². The number of ether oxygens (including phenoxy) is 2. The zero-order valence-corrected chi connectivity index (χ0v) is 31.0. The molecule has 0 radical (unpaired) electrons. The van der Waals surface area contributed by atoms with E-state index in [4.69, 9.17) is 19.3 Å². The number of rotatable bonds is 33. The lowest BCUT2D eigenvalue weighted by molar-refractivity contribution is -0.161. The highest BCUT2D eigenvalue weighted by Gasteiger charge is 2.22. The molecule has 0 bridgehead atoms. The maximum absolute atomic E-state index is 12.3. The standard InChI is InChI=1S/C39H67O8P/c1-3-5-7-9-11-13-15-17-18-19-20-22-23-25-27-29-31-33-38(40)45-35-37(36-46-48(42,43)44)47-39(41)34-32-30-28-26-24-21-16-14-12-10-8-6-4-2/h6,8,10-14,16-18,37H,3-5,7,9,15,19-36H2,1-2H3,(H2,42,43,44)/b8-6+,12-10+,13-11+,16-14+,18-17+. The molecule has 0 aromatic heterocycles. The average molecular weight is 695 g/mol. The molecule has 0 aliphatic carbocycles.